The maximum atomic E-state index is 12.6. The van der Waals surface area contributed by atoms with E-state index in [0.717, 1.165) is 63.4 Å². The fourth-order valence-corrected chi connectivity index (χ4v) is 7.40. The summed E-state index contributed by atoms with van der Waals surface area (Å²) in [7, 11) is 0. The van der Waals surface area contributed by atoms with E-state index in [2.05, 4.69) is 42.0 Å². The number of carbonyl (C=O) groups is 1. The van der Waals surface area contributed by atoms with Crippen molar-refractivity contribution >= 4 is 23.3 Å². The second kappa shape index (κ2) is 11.6. The fourth-order valence-electron chi connectivity index (χ4n) is 7.40. The Bertz CT molecular complexity index is 1540. The number of carbonyl (C=O) groups excluding carboxylic acids is 1. The number of nitrogens with two attached hydrogens (primary N) is 1. The molecule has 0 spiro atoms. The molecule has 4 unspecified atom stereocenters. The van der Waals surface area contributed by atoms with Gasteiger partial charge in [-0.25, -0.2) is 9.78 Å². The predicted octanol–water partition coefficient (Wildman–Crippen LogP) is 3.76. The first kappa shape index (κ1) is 29.4. The highest BCUT2D eigenvalue weighted by Gasteiger charge is 2.48. The summed E-state index contributed by atoms with van der Waals surface area (Å²) >= 11 is 0. The standard InChI is InChI=1S/C33H42N8O4/c1-33(2,3)45-32(43)41-24-14-25(41)18-38(17-24)12-13-44-30-15-21(10-11-35-30)40-22-8-9-23(40)20-39(19-22)28-16-27(36-37-31(28)34)26-6-4-5-7-29(26)42/h4-7,10-11,15-16,22-25,42H,8-9,12-14,17-20H2,1-3H3,(H2,34,37). The van der Waals surface area contributed by atoms with Crippen molar-refractivity contribution in [1.29, 1.82) is 0 Å². The number of pyridine rings is 1. The van der Waals surface area contributed by atoms with Crippen LogP contribution < -0.4 is 20.3 Å². The van der Waals surface area contributed by atoms with Gasteiger partial charge < -0.3 is 30.1 Å². The minimum Gasteiger partial charge on any atom is -0.507 e. The van der Waals surface area contributed by atoms with E-state index in [1.165, 1.54) is 0 Å². The van der Waals surface area contributed by atoms with Gasteiger partial charge in [-0.05, 0) is 64.3 Å². The van der Waals surface area contributed by atoms with Gasteiger partial charge in [-0.15, -0.1) is 10.2 Å². The first-order chi connectivity index (χ1) is 21.6. The zero-order valence-corrected chi connectivity index (χ0v) is 26.2. The van der Waals surface area contributed by atoms with Gasteiger partial charge in [-0.3, -0.25) is 9.80 Å². The monoisotopic (exact) mass is 614 g/mol. The molecule has 12 heteroatoms. The summed E-state index contributed by atoms with van der Waals surface area (Å²) in [4.78, 5) is 26.2. The molecule has 8 rings (SSSR count). The van der Waals surface area contributed by atoms with E-state index in [4.69, 9.17) is 15.2 Å². The molecule has 5 saturated heterocycles. The summed E-state index contributed by atoms with van der Waals surface area (Å²) in [6.45, 7) is 10.3. The number of phenols is 1. The van der Waals surface area contributed by atoms with E-state index in [0.29, 0.717) is 41.6 Å². The van der Waals surface area contributed by atoms with Gasteiger partial charge in [0.15, 0.2) is 5.82 Å². The second-order valence-corrected chi connectivity index (χ2v) is 13.6. The van der Waals surface area contributed by atoms with Crippen LogP contribution >= 0.6 is 0 Å². The molecule has 12 nitrogen and oxygen atoms in total. The zero-order chi connectivity index (χ0) is 31.3. The minimum atomic E-state index is -0.480. The van der Waals surface area contributed by atoms with Gasteiger partial charge in [-0.2, -0.15) is 0 Å². The summed E-state index contributed by atoms with van der Waals surface area (Å²) < 4.78 is 11.7. The molecule has 4 bridgehead atoms. The third-order valence-corrected chi connectivity index (χ3v) is 9.35. The first-order valence-electron chi connectivity index (χ1n) is 15.9. The van der Waals surface area contributed by atoms with Gasteiger partial charge in [-0.1, -0.05) is 12.1 Å². The van der Waals surface area contributed by atoms with Crippen LogP contribution in [0.2, 0.25) is 0 Å². The number of anilines is 3. The highest BCUT2D eigenvalue weighted by Crippen LogP contribution is 2.39. The van der Waals surface area contributed by atoms with E-state index in [1.807, 2.05) is 50.1 Å². The Morgan fingerprint density at radius 2 is 1.73 bits per heavy atom. The molecule has 238 valence electrons. The molecule has 1 amide bonds. The largest absolute Gasteiger partial charge is 0.507 e. The summed E-state index contributed by atoms with van der Waals surface area (Å²) in [5.74, 6) is 1.19. The number of hydrogen-bond acceptors (Lipinski definition) is 11. The number of aromatic nitrogens is 3. The molecule has 0 saturated carbocycles. The first-order valence-corrected chi connectivity index (χ1v) is 15.9. The average molecular weight is 615 g/mol. The molecule has 4 atom stereocenters. The number of piperidine rings is 1. The van der Waals surface area contributed by atoms with Crippen LogP contribution in [0.4, 0.5) is 22.0 Å². The molecule has 2 aromatic heterocycles. The molecule has 5 aliphatic heterocycles. The Balaban J connectivity index is 0.954. The number of ether oxygens (including phenoxy) is 2. The lowest BCUT2D eigenvalue weighted by Crippen LogP contribution is -2.70. The van der Waals surface area contributed by atoms with Gasteiger partial charge in [0.05, 0.1) is 23.5 Å². The molecule has 5 fully saturated rings. The Morgan fingerprint density at radius 3 is 2.44 bits per heavy atom. The Kier molecular flexibility index (Phi) is 7.55. The number of piperazine rings is 2. The molecule has 5 aliphatic rings. The highest BCUT2D eigenvalue weighted by atomic mass is 16.6. The second-order valence-electron chi connectivity index (χ2n) is 13.6. The van der Waals surface area contributed by atoms with Crippen molar-refractivity contribution in [3.05, 3.63) is 48.7 Å². The Labute approximate surface area is 263 Å². The van der Waals surface area contributed by atoms with Crippen LogP contribution in [0.15, 0.2) is 48.7 Å². The van der Waals surface area contributed by atoms with Crippen molar-refractivity contribution in [2.24, 2.45) is 0 Å². The quantitative estimate of drug-likeness (QED) is 0.403. The van der Waals surface area contributed by atoms with Crippen LogP contribution in [-0.2, 0) is 4.74 Å². The smallest absolute Gasteiger partial charge is 0.410 e. The van der Waals surface area contributed by atoms with Gasteiger partial charge in [0.25, 0.3) is 0 Å². The third kappa shape index (κ3) is 5.90. The lowest BCUT2D eigenvalue weighted by Gasteiger charge is -2.55. The molecular formula is C33H42N8O4. The number of para-hydroxylation sites is 1. The molecule has 0 aliphatic carbocycles. The van der Waals surface area contributed by atoms with Crippen molar-refractivity contribution in [2.75, 3.05) is 54.9 Å². The van der Waals surface area contributed by atoms with Crippen LogP contribution in [0.1, 0.15) is 40.0 Å². The topological polar surface area (TPSA) is 133 Å². The minimum absolute atomic E-state index is 0.167. The molecule has 1 aromatic carbocycles. The van der Waals surface area contributed by atoms with Crippen molar-refractivity contribution in [1.82, 2.24) is 25.0 Å². The Hall–Kier alpha value is -4.32. The van der Waals surface area contributed by atoms with Gasteiger partial charge in [0, 0.05) is 68.3 Å². The van der Waals surface area contributed by atoms with Crippen molar-refractivity contribution in [2.45, 2.75) is 69.8 Å². The van der Waals surface area contributed by atoms with E-state index < -0.39 is 5.60 Å². The van der Waals surface area contributed by atoms with E-state index in [1.54, 1.807) is 12.1 Å². The Morgan fingerprint density at radius 1 is 1.00 bits per heavy atom. The molecule has 0 radical (unpaired) electrons. The number of nitrogen functional groups attached to an aromatic ring is 1. The van der Waals surface area contributed by atoms with Gasteiger partial charge in [0.2, 0.25) is 5.88 Å². The fraction of sp³-hybridized carbons (Fsp3) is 0.515. The normalized spacial score (nSPS) is 24.4. The predicted molar refractivity (Wildman–Crippen MR) is 171 cm³/mol. The third-order valence-electron chi connectivity index (χ3n) is 9.35. The number of benzene rings is 1. The molecule has 7 heterocycles. The van der Waals surface area contributed by atoms with Crippen molar-refractivity contribution < 1.29 is 19.4 Å². The molecule has 3 N–H and O–H groups in total. The van der Waals surface area contributed by atoms with Crippen LogP contribution in [-0.4, -0.2) is 105 Å². The number of amides is 1. The lowest BCUT2D eigenvalue weighted by atomic mass is 9.88. The van der Waals surface area contributed by atoms with Crippen LogP contribution in [0.25, 0.3) is 11.3 Å². The number of rotatable bonds is 7. The highest BCUT2D eigenvalue weighted by molar-refractivity contribution is 5.74. The summed E-state index contributed by atoms with van der Waals surface area (Å²) in [5.41, 5.74) is 9.05. The molecule has 45 heavy (non-hydrogen) atoms. The molecular weight excluding hydrogens is 572 g/mol. The van der Waals surface area contributed by atoms with Crippen LogP contribution in [0.3, 0.4) is 0 Å². The zero-order valence-electron chi connectivity index (χ0n) is 26.2. The number of aromatic hydroxyl groups is 1. The lowest BCUT2D eigenvalue weighted by molar-refractivity contribution is -0.0777. The van der Waals surface area contributed by atoms with Crippen LogP contribution in [0, 0.1) is 0 Å². The number of fused-ring (bicyclic) bond motifs is 4. The number of nitrogens with zero attached hydrogens (tertiary/aromatic N) is 7. The van der Waals surface area contributed by atoms with Gasteiger partial charge >= 0.3 is 6.09 Å². The van der Waals surface area contributed by atoms with Crippen molar-refractivity contribution in [3.8, 4) is 22.9 Å². The summed E-state index contributed by atoms with van der Waals surface area (Å²) in [5, 5.41) is 18.8. The van der Waals surface area contributed by atoms with Gasteiger partial charge in [0.1, 0.15) is 18.0 Å². The van der Waals surface area contributed by atoms with Crippen LogP contribution in [0.5, 0.6) is 11.6 Å². The number of phenolic OH excluding ortho intramolecular Hbond substituents is 1. The SMILES string of the molecule is CC(C)(C)OC(=O)N1C2CC1CN(CCOc1cc(N3C4CCC3CN(c3cc(-c5ccccc5O)nnc3N)C4)ccn1)C2. The average Bonchev–Trinajstić information content (AvgIpc) is 3.26. The van der Waals surface area contributed by atoms with E-state index in [9.17, 15) is 9.90 Å². The van der Waals surface area contributed by atoms with E-state index >= 15 is 0 Å². The maximum absolute atomic E-state index is 12.6. The number of hydrogen-bond donors (Lipinski definition) is 2. The summed E-state index contributed by atoms with van der Waals surface area (Å²) in [6, 6.07) is 14.2. The summed E-state index contributed by atoms with van der Waals surface area (Å²) in [6.07, 6.45) is 4.84. The molecule has 3 aromatic rings. The van der Waals surface area contributed by atoms with Crippen molar-refractivity contribution in [3.63, 3.8) is 0 Å². The van der Waals surface area contributed by atoms with E-state index in [-0.39, 0.29) is 23.9 Å². The maximum Gasteiger partial charge on any atom is 0.410 e.